The summed E-state index contributed by atoms with van der Waals surface area (Å²) in [6, 6.07) is 5.86. The molecule has 0 atom stereocenters. The van der Waals surface area contributed by atoms with Gasteiger partial charge in [-0.3, -0.25) is 0 Å². The summed E-state index contributed by atoms with van der Waals surface area (Å²) in [5.74, 6) is 0.351. The first-order valence-corrected chi connectivity index (χ1v) is 6.49. The normalized spacial score (nSPS) is 10.6. The molecule has 0 unspecified atom stereocenters. The molecule has 0 saturated carbocycles. The molecule has 0 saturated heterocycles. The second-order valence-corrected chi connectivity index (χ2v) is 4.15. The SMILES string of the molecule is CCN(CC)c1ccc(CNCCOC)c(O)c1. The number of anilines is 1. The lowest BCUT2D eigenvalue weighted by Crippen LogP contribution is -2.22. The monoisotopic (exact) mass is 252 g/mol. The quantitative estimate of drug-likeness (QED) is 0.694. The number of nitrogens with zero attached hydrogens (tertiary/aromatic N) is 1. The van der Waals surface area contributed by atoms with E-state index >= 15 is 0 Å². The molecule has 4 heteroatoms. The van der Waals surface area contributed by atoms with Crippen LogP contribution in [0, 0.1) is 0 Å². The predicted molar refractivity (Wildman–Crippen MR) is 75.3 cm³/mol. The minimum Gasteiger partial charge on any atom is -0.508 e. The van der Waals surface area contributed by atoms with Crippen LogP contribution >= 0.6 is 0 Å². The molecule has 1 rings (SSSR count). The molecule has 102 valence electrons. The van der Waals surface area contributed by atoms with E-state index in [1.54, 1.807) is 7.11 Å². The molecule has 0 radical (unpaired) electrons. The van der Waals surface area contributed by atoms with Gasteiger partial charge >= 0.3 is 0 Å². The number of benzene rings is 1. The van der Waals surface area contributed by atoms with E-state index < -0.39 is 0 Å². The summed E-state index contributed by atoms with van der Waals surface area (Å²) in [6.07, 6.45) is 0. The third-order valence-electron chi connectivity index (χ3n) is 3.00. The van der Waals surface area contributed by atoms with Crippen molar-refractivity contribution in [2.45, 2.75) is 20.4 Å². The minimum atomic E-state index is 0.351. The van der Waals surface area contributed by atoms with Crippen LogP contribution in [0.25, 0.3) is 0 Å². The fourth-order valence-electron chi connectivity index (χ4n) is 1.88. The smallest absolute Gasteiger partial charge is 0.122 e. The molecule has 0 aliphatic heterocycles. The van der Waals surface area contributed by atoms with Crippen molar-refractivity contribution in [1.29, 1.82) is 0 Å². The number of methoxy groups -OCH3 is 1. The number of aromatic hydroxyl groups is 1. The minimum absolute atomic E-state index is 0.351. The van der Waals surface area contributed by atoms with Crippen LogP contribution in [0.1, 0.15) is 19.4 Å². The summed E-state index contributed by atoms with van der Waals surface area (Å²) < 4.78 is 4.96. The highest BCUT2D eigenvalue weighted by molar-refractivity contribution is 5.53. The average molecular weight is 252 g/mol. The molecule has 0 aromatic heterocycles. The summed E-state index contributed by atoms with van der Waals surface area (Å²) >= 11 is 0. The van der Waals surface area contributed by atoms with Crippen LogP contribution in [0.4, 0.5) is 5.69 Å². The molecule has 0 heterocycles. The van der Waals surface area contributed by atoms with Gasteiger partial charge in [0, 0.05) is 50.6 Å². The van der Waals surface area contributed by atoms with Gasteiger partial charge in [0.05, 0.1) is 6.61 Å². The Labute approximate surface area is 110 Å². The van der Waals surface area contributed by atoms with Crippen molar-refractivity contribution in [2.24, 2.45) is 0 Å². The highest BCUT2D eigenvalue weighted by Gasteiger charge is 2.06. The first-order chi connectivity index (χ1) is 8.72. The van der Waals surface area contributed by atoms with Crippen molar-refractivity contribution < 1.29 is 9.84 Å². The van der Waals surface area contributed by atoms with Crippen molar-refractivity contribution in [1.82, 2.24) is 5.32 Å². The van der Waals surface area contributed by atoms with Gasteiger partial charge in [-0.1, -0.05) is 6.07 Å². The summed E-state index contributed by atoms with van der Waals surface area (Å²) in [5, 5.41) is 13.2. The van der Waals surface area contributed by atoms with Gasteiger partial charge in [-0.2, -0.15) is 0 Å². The Morgan fingerprint density at radius 1 is 1.28 bits per heavy atom. The Bertz CT molecular complexity index is 352. The lowest BCUT2D eigenvalue weighted by atomic mass is 10.1. The molecular weight excluding hydrogens is 228 g/mol. The number of phenolic OH excluding ortho intramolecular Hbond substituents is 1. The van der Waals surface area contributed by atoms with Gasteiger partial charge in [0.2, 0.25) is 0 Å². The van der Waals surface area contributed by atoms with Gasteiger partial charge in [0.25, 0.3) is 0 Å². The molecule has 18 heavy (non-hydrogen) atoms. The Morgan fingerprint density at radius 2 is 2.00 bits per heavy atom. The Balaban J connectivity index is 2.61. The number of ether oxygens (including phenoxy) is 1. The van der Waals surface area contributed by atoms with Crippen molar-refractivity contribution in [3.63, 3.8) is 0 Å². The van der Waals surface area contributed by atoms with E-state index in [9.17, 15) is 5.11 Å². The first kappa shape index (κ1) is 14.8. The van der Waals surface area contributed by atoms with Crippen molar-refractivity contribution >= 4 is 5.69 Å². The van der Waals surface area contributed by atoms with Gasteiger partial charge < -0.3 is 20.1 Å². The maximum absolute atomic E-state index is 9.99. The van der Waals surface area contributed by atoms with Crippen LogP contribution in [0.2, 0.25) is 0 Å². The van der Waals surface area contributed by atoms with Gasteiger partial charge in [-0.15, -0.1) is 0 Å². The zero-order chi connectivity index (χ0) is 13.4. The molecule has 0 bridgehead atoms. The molecular formula is C14H24N2O2. The second-order valence-electron chi connectivity index (χ2n) is 4.15. The van der Waals surface area contributed by atoms with Crippen molar-refractivity contribution in [3.05, 3.63) is 23.8 Å². The summed E-state index contributed by atoms with van der Waals surface area (Å²) in [7, 11) is 1.68. The molecule has 1 aromatic carbocycles. The van der Waals surface area contributed by atoms with E-state index in [-0.39, 0.29) is 0 Å². The average Bonchev–Trinajstić information content (AvgIpc) is 2.38. The number of nitrogens with one attached hydrogen (secondary N) is 1. The van der Waals surface area contributed by atoms with Crippen LogP contribution in [0.15, 0.2) is 18.2 Å². The van der Waals surface area contributed by atoms with Crippen molar-refractivity contribution in [2.75, 3.05) is 38.3 Å². The maximum atomic E-state index is 9.99. The van der Waals surface area contributed by atoms with E-state index in [0.29, 0.717) is 18.9 Å². The standard InChI is InChI=1S/C14H24N2O2/c1-4-16(5-2)13-7-6-12(14(17)10-13)11-15-8-9-18-3/h6-7,10,15,17H,4-5,8-9,11H2,1-3H3. The second kappa shape index (κ2) is 7.95. The highest BCUT2D eigenvalue weighted by Crippen LogP contribution is 2.24. The van der Waals surface area contributed by atoms with E-state index in [0.717, 1.165) is 30.9 Å². The highest BCUT2D eigenvalue weighted by atomic mass is 16.5. The van der Waals surface area contributed by atoms with Crippen LogP contribution in [-0.4, -0.2) is 38.5 Å². The molecule has 1 aromatic rings. The molecule has 4 nitrogen and oxygen atoms in total. The molecule has 0 aliphatic rings. The van der Waals surface area contributed by atoms with Gasteiger partial charge in [-0.05, 0) is 19.9 Å². The summed E-state index contributed by atoms with van der Waals surface area (Å²) in [6.45, 7) is 8.24. The number of phenols is 1. The molecule has 0 fully saturated rings. The third kappa shape index (κ3) is 4.20. The fourth-order valence-corrected chi connectivity index (χ4v) is 1.88. The molecule has 0 aliphatic carbocycles. The predicted octanol–water partition coefficient (Wildman–Crippen LogP) is 1.97. The Hall–Kier alpha value is -1.26. The third-order valence-corrected chi connectivity index (χ3v) is 3.00. The van der Waals surface area contributed by atoms with E-state index in [1.807, 2.05) is 12.1 Å². The zero-order valence-corrected chi connectivity index (χ0v) is 11.6. The lowest BCUT2D eigenvalue weighted by Gasteiger charge is -2.21. The zero-order valence-electron chi connectivity index (χ0n) is 11.6. The topological polar surface area (TPSA) is 44.7 Å². The lowest BCUT2D eigenvalue weighted by molar-refractivity contribution is 0.199. The van der Waals surface area contributed by atoms with Gasteiger partial charge in [0.1, 0.15) is 5.75 Å². The summed E-state index contributed by atoms with van der Waals surface area (Å²) in [5.41, 5.74) is 1.99. The van der Waals surface area contributed by atoms with Crippen LogP contribution in [-0.2, 0) is 11.3 Å². The van der Waals surface area contributed by atoms with Crippen LogP contribution in [0.5, 0.6) is 5.75 Å². The van der Waals surface area contributed by atoms with E-state index in [4.69, 9.17) is 4.74 Å². The van der Waals surface area contributed by atoms with Crippen LogP contribution < -0.4 is 10.2 Å². The molecule has 2 N–H and O–H groups in total. The van der Waals surface area contributed by atoms with Gasteiger partial charge in [-0.25, -0.2) is 0 Å². The first-order valence-electron chi connectivity index (χ1n) is 6.49. The largest absolute Gasteiger partial charge is 0.508 e. The fraction of sp³-hybridized carbons (Fsp3) is 0.571. The number of hydrogen-bond donors (Lipinski definition) is 2. The Morgan fingerprint density at radius 3 is 2.56 bits per heavy atom. The maximum Gasteiger partial charge on any atom is 0.122 e. The number of hydrogen-bond acceptors (Lipinski definition) is 4. The molecule has 0 spiro atoms. The summed E-state index contributed by atoms with van der Waals surface area (Å²) in [4.78, 5) is 2.21. The van der Waals surface area contributed by atoms with Gasteiger partial charge in [0.15, 0.2) is 0 Å². The number of rotatable bonds is 8. The Kier molecular flexibility index (Phi) is 6.54. The van der Waals surface area contributed by atoms with E-state index in [2.05, 4.69) is 30.1 Å². The van der Waals surface area contributed by atoms with Crippen molar-refractivity contribution in [3.8, 4) is 5.75 Å². The molecule has 0 amide bonds. The van der Waals surface area contributed by atoms with E-state index in [1.165, 1.54) is 0 Å². The van der Waals surface area contributed by atoms with Crippen LogP contribution in [0.3, 0.4) is 0 Å².